The van der Waals surface area contributed by atoms with Crippen molar-refractivity contribution in [3.05, 3.63) is 36.2 Å². The molecule has 7 nitrogen and oxygen atoms in total. The highest BCUT2D eigenvalue weighted by molar-refractivity contribution is 5.72. The summed E-state index contributed by atoms with van der Waals surface area (Å²) in [6.07, 6.45) is 1.44. The summed E-state index contributed by atoms with van der Waals surface area (Å²) in [5, 5.41) is 31.1. The first kappa shape index (κ1) is 15.1. The van der Waals surface area contributed by atoms with Gasteiger partial charge in [0.2, 0.25) is 0 Å². The second-order valence-electron chi connectivity index (χ2n) is 5.51. The molecule has 2 rings (SSSR count). The fourth-order valence-electron chi connectivity index (χ4n) is 2.60. The Morgan fingerprint density at radius 2 is 2.10 bits per heavy atom. The van der Waals surface area contributed by atoms with Gasteiger partial charge in [-0.1, -0.05) is 26.0 Å². The minimum atomic E-state index is -1.50. The number of aliphatic carboxylic acids is 1. The monoisotopic (exact) mass is 290 g/mol. The van der Waals surface area contributed by atoms with Crippen LogP contribution in [-0.2, 0) is 10.4 Å². The van der Waals surface area contributed by atoms with Crippen LogP contribution in [0, 0.1) is 11.8 Å². The molecule has 0 aliphatic heterocycles. The highest BCUT2D eigenvalue weighted by atomic mass is 16.4. The van der Waals surface area contributed by atoms with Gasteiger partial charge in [-0.3, -0.25) is 4.79 Å². The van der Waals surface area contributed by atoms with E-state index in [9.17, 15) is 15.0 Å². The summed E-state index contributed by atoms with van der Waals surface area (Å²) in [7, 11) is 0. The molecule has 0 fully saturated rings. The summed E-state index contributed by atoms with van der Waals surface area (Å²) in [6, 6.07) is 6.90. The number of carbonyl (C=O) groups is 1. The molecule has 0 radical (unpaired) electrons. The quantitative estimate of drug-likeness (QED) is 0.858. The summed E-state index contributed by atoms with van der Waals surface area (Å²) in [5.41, 5.74) is -0.327. The minimum absolute atomic E-state index is 0.214. The van der Waals surface area contributed by atoms with Crippen LogP contribution >= 0.6 is 0 Å². The fourth-order valence-corrected chi connectivity index (χ4v) is 2.60. The van der Waals surface area contributed by atoms with Gasteiger partial charge >= 0.3 is 5.97 Å². The number of rotatable bonds is 5. The van der Waals surface area contributed by atoms with Crippen LogP contribution in [0.1, 0.15) is 26.3 Å². The van der Waals surface area contributed by atoms with Gasteiger partial charge < -0.3 is 10.2 Å². The van der Waals surface area contributed by atoms with Gasteiger partial charge in [-0.15, -0.1) is 5.10 Å². The second kappa shape index (κ2) is 5.61. The van der Waals surface area contributed by atoms with E-state index in [2.05, 4.69) is 15.5 Å². The first-order valence-electron chi connectivity index (χ1n) is 6.63. The zero-order valence-electron chi connectivity index (χ0n) is 12.1. The number of hydrogen-bond donors (Lipinski definition) is 2. The van der Waals surface area contributed by atoms with E-state index < -0.39 is 17.5 Å². The van der Waals surface area contributed by atoms with Crippen molar-refractivity contribution in [2.24, 2.45) is 11.8 Å². The number of carboxylic acids is 1. The molecule has 1 heterocycles. The van der Waals surface area contributed by atoms with Crippen LogP contribution < -0.4 is 0 Å². The Labute approximate surface area is 122 Å². The molecule has 2 N–H and O–H groups in total. The minimum Gasteiger partial charge on any atom is -0.481 e. The van der Waals surface area contributed by atoms with Gasteiger partial charge in [-0.25, -0.2) is 4.68 Å². The molecule has 0 aliphatic rings. The molecule has 2 unspecified atom stereocenters. The van der Waals surface area contributed by atoms with Crippen molar-refractivity contribution in [1.29, 1.82) is 0 Å². The van der Waals surface area contributed by atoms with Crippen molar-refractivity contribution in [1.82, 2.24) is 20.2 Å². The summed E-state index contributed by atoms with van der Waals surface area (Å²) < 4.78 is 1.45. The predicted octanol–water partition coefficient (Wildman–Crippen LogP) is 1.23. The van der Waals surface area contributed by atoms with Crippen molar-refractivity contribution in [3.63, 3.8) is 0 Å². The van der Waals surface area contributed by atoms with Gasteiger partial charge in [0.1, 0.15) is 11.9 Å². The maximum atomic E-state index is 11.5. The molecular formula is C14H18N4O3. The van der Waals surface area contributed by atoms with E-state index in [4.69, 9.17) is 0 Å². The van der Waals surface area contributed by atoms with E-state index in [1.54, 1.807) is 38.1 Å². The van der Waals surface area contributed by atoms with E-state index in [0.717, 1.165) is 0 Å². The van der Waals surface area contributed by atoms with E-state index >= 15 is 0 Å². The molecule has 112 valence electrons. The highest BCUT2D eigenvalue weighted by Gasteiger charge is 2.41. The third-order valence-electron chi connectivity index (χ3n) is 3.58. The number of hydrogen-bond acceptors (Lipinski definition) is 5. The van der Waals surface area contributed by atoms with Crippen molar-refractivity contribution in [2.75, 3.05) is 0 Å². The van der Waals surface area contributed by atoms with Crippen LogP contribution in [0.3, 0.4) is 0 Å². The van der Waals surface area contributed by atoms with Crippen molar-refractivity contribution in [3.8, 4) is 5.69 Å². The van der Waals surface area contributed by atoms with Gasteiger partial charge in [0.05, 0.1) is 11.6 Å². The van der Waals surface area contributed by atoms with Gasteiger partial charge in [0.15, 0.2) is 0 Å². The molecule has 0 saturated heterocycles. The number of nitrogens with zero attached hydrogens (tertiary/aromatic N) is 4. The largest absolute Gasteiger partial charge is 0.481 e. The Bertz CT molecular complexity index is 623. The maximum absolute atomic E-state index is 11.5. The Hall–Kier alpha value is -2.28. The molecule has 0 bridgehead atoms. The molecule has 1 aromatic heterocycles. The topological polar surface area (TPSA) is 101 Å². The molecule has 2 atom stereocenters. The lowest BCUT2D eigenvalue weighted by atomic mass is 9.76. The Morgan fingerprint density at radius 3 is 2.62 bits per heavy atom. The van der Waals surface area contributed by atoms with E-state index in [-0.39, 0.29) is 5.92 Å². The van der Waals surface area contributed by atoms with Gasteiger partial charge in [-0.05, 0) is 41.0 Å². The summed E-state index contributed by atoms with van der Waals surface area (Å²) in [6.45, 7) is 5.07. The third kappa shape index (κ3) is 2.92. The molecule has 0 saturated carbocycles. The Morgan fingerprint density at radius 1 is 1.38 bits per heavy atom. The molecular weight excluding hydrogens is 272 g/mol. The van der Waals surface area contributed by atoms with E-state index in [0.29, 0.717) is 11.3 Å². The van der Waals surface area contributed by atoms with Gasteiger partial charge in [0.25, 0.3) is 0 Å². The number of tetrazole rings is 1. The second-order valence-corrected chi connectivity index (χ2v) is 5.51. The first-order valence-corrected chi connectivity index (χ1v) is 6.63. The van der Waals surface area contributed by atoms with Crippen molar-refractivity contribution in [2.45, 2.75) is 26.4 Å². The molecule has 1 aromatic carbocycles. The van der Waals surface area contributed by atoms with Crippen molar-refractivity contribution >= 4 is 5.97 Å². The SMILES string of the molecule is CC(C)C(C(=O)O)C(C)(O)c1cccc(-n2cnnn2)c1. The molecule has 0 spiro atoms. The third-order valence-corrected chi connectivity index (χ3v) is 3.58. The Kier molecular flexibility index (Phi) is 4.04. The average Bonchev–Trinajstić information content (AvgIpc) is 2.91. The average molecular weight is 290 g/mol. The summed E-state index contributed by atoms with van der Waals surface area (Å²) in [4.78, 5) is 11.5. The van der Waals surface area contributed by atoms with Crippen LogP contribution in [0.15, 0.2) is 30.6 Å². The van der Waals surface area contributed by atoms with Crippen LogP contribution in [0.25, 0.3) is 5.69 Å². The maximum Gasteiger partial charge on any atom is 0.310 e. The normalized spacial score (nSPS) is 15.7. The summed E-state index contributed by atoms with van der Waals surface area (Å²) in [5.74, 6) is -2.15. The van der Waals surface area contributed by atoms with Crippen LogP contribution in [0.4, 0.5) is 0 Å². The van der Waals surface area contributed by atoms with Crippen LogP contribution in [-0.4, -0.2) is 36.4 Å². The van der Waals surface area contributed by atoms with Crippen LogP contribution in [0.2, 0.25) is 0 Å². The molecule has 7 heteroatoms. The number of carboxylic acid groups (broad SMARTS) is 1. The zero-order valence-corrected chi connectivity index (χ0v) is 12.1. The van der Waals surface area contributed by atoms with Crippen molar-refractivity contribution < 1.29 is 15.0 Å². The smallest absolute Gasteiger partial charge is 0.310 e. The number of aliphatic hydroxyl groups is 1. The van der Waals surface area contributed by atoms with E-state index in [1.165, 1.54) is 17.9 Å². The fraction of sp³-hybridized carbons (Fsp3) is 0.429. The lowest BCUT2D eigenvalue weighted by Crippen LogP contribution is -2.40. The highest BCUT2D eigenvalue weighted by Crippen LogP contribution is 2.35. The summed E-state index contributed by atoms with van der Waals surface area (Å²) >= 11 is 0. The van der Waals surface area contributed by atoms with Gasteiger partial charge in [-0.2, -0.15) is 0 Å². The number of aromatic nitrogens is 4. The Balaban J connectivity index is 2.45. The lowest BCUT2D eigenvalue weighted by molar-refractivity contribution is -0.155. The number of benzene rings is 1. The molecule has 21 heavy (non-hydrogen) atoms. The molecule has 0 amide bonds. The van der Waals surface area contributed by atoms with E-state index in [1.807, 2.05) is 0 Å². The predicted molar refractivity (Wildman–Crippen MR) is 74.7 cm³/mol. The van der Waals surface area contributed by atoms with Crippen LogP contribution in [0.5, 0.6) is 0 Å². The zero-order chi connectivity index (χ0) is 15.6. The molecule has 2 aromatic rings. The molecule has 0 aliphatic carbocycles. The first-order chi connectivity index (χ1) is 9.84. The van der Waals surface area contributed by atoms with Gasteiger partial charge in [0, 0.05) is 0 Å². The lowest BCUT2D eigenvalue weighted by Gasteiger charge is -2.33. The standard InChI is InChI=1S/C14H18N4O3/c1-9(2)12(13(19)20)14(3,21)10-5-4-6-11(7-10)18-8-15-16-17-18/h4-9,12,21H,1-3H3,(H,19,20).